The molecule has 0 aliphatic carbocycles. The van der Waals surface area contributed by atoms with Crippen LogP contribution in [0.5, 0.6) is 17.2 Å². The van der Waals surface area contributed by atoms with Gasteiger partial charge in [0.25, 0.3) is 0 Å². The van der Waals surface area contributed by atoms with Crippen molar-refractivity contribution < 1.29 is 19.0 Å². The van der Waals surface area contributed by atoms with Gasteiger partial charge in [0.15, 0.2) is 11.5 Å². The first kappa shape index (κ1) is 18.1. The maximum atomic E-state index is 13.1. The number of methoxy groups -OCH3 is 3. The normalized spacial score (nSPS) is 16.0. The van der Waals surface area contributed by atoms with Gasteiger partial charge in [-0.1, -0.05) is 31.2 Å². The Labute approximate surface area is 154 Å². The number of benzene rings is 2. The summed E-state index contributed by atoms with van der Waals surface area (Å²) in [4.78, 5) is 14.9. The molecule has 26 heavy (non-hydrogen) atoms. The molecule has 0 bridgehead atoms. The predicted octanol–water partition coefficient (Wildman–Crippen LogP) is 3.80. The van der Waals surface area contributed by atoms with Crippen molar-refractivity contribution in [3.05, 3.63) is 47.5 Å². The van der Waals surface area contributed by atoms with Gasteiger partial charge in [0, 0.05) is 17.8 Å². The number of rotatable bonds is 5. The number of carbonyl (C=O) groups excluding carboxylic acids is 1. The van der Waals surface area contributed by atoms with Crippen LogP contribution in [0, 0.1) is 0 Å². The summed E-state index contributed by atoms with van der Waals surface area (Å²) in [5, 5.41) is 0. The molecule has 2 aromatic carbocycles. The lowest BCUT2D eigenvalue weighted by Gasteiger charge is -2.33. The van der Waals surface area contributed by atoms with E-state index < -0.39 is 0 Å². The van der Waals surface area contributed by atoms with Crippen LogP contribution in [0.1, 0.15) is 30.4 Å². The molecule has 0 aromatic heterocycles. The quantitative estimate of drug-likeness (QED) is 0.819. The highest BCUT2D eigenvalue weighted by atomic mass is 16.5. The number of amides is 1. The third-order valence-electron chi connectivity index (χ3n) is 4.97. The van der Waals surface area contributed by atoms with Gasteiger partial charge < -0.3 is 19.1 Å². The second kappa shape index (κ2) is 7.68. The Hall–Kier alpha value is -2.69. The summed E-state index contributed by atoms with van der Waals surface area (Å²) in [6.45, 7) is 2.94. The molecule has 138 valence electrons. The van der Waals surface area contributed by atoms with E-state index in [-0.39, 0.29) is 12.3 Å². The summed E-state index contributed by atoms with van der Waals surface area (Å²) >= 11 is 0. The van der Waals surface area contributed by atoms with E-state index in [0.29, 0.717) is 23.2 Å². The molecule has 0 saturated heterocycles. The molecule has 0 N–H and O–H groups in total. The van der Waals surface area contributed by atoms with E-state index in [0.717, 1.165) is 24.2 Å². The summed E-state index contributed by atoms with van der Waals surface area (Å²) in [5.41, 5.74) is 3.02. The molecule has 1 amide bonds. The summed E-state index contributed by atoms with van der Waals surface area (Å²) in [6, 6.07) is 11.8. The van der Waals surface area contributed by atoms with Crippen LogP contribution in [-0.4, -0.2) is 33.8 Å². The van der Waals surface area contributed by atoms with Crippen LogP contribution in [0.3, 0.4) is 0 Å². The van der Waals surface area contributed by atoms with E-state index in [4.69, 9.17) is 14.2 Å². The van der Waals surface area contributed by atoms with E-state index in [2.05, 4.69) is 13.0 Å². The Kier molecular flexibility index (Phi) is 5.35. The molecular formula is C21H25NO4. The Morgan fingerprint density at radius 2 is 1.77 bits per heavy atom. The Balaban J connectivity index is 1.91. The van der Waals surface area contributed by atoms with Crippen molar-refractivity contribution in [3.8, 4) is 17.2 Å². The number of fused-ring (bicyclic) bond motifs is 1. The van der Waals surface area contributed by atoms with E-state index in [9.17, 15) is 4.79 Å². The van der Waals surface area contributed by atoms with Crippen molar-refractivity contribution in [2.75, 3.05) is 32.8 Å². The fourth-order valence-electron chi connectivity index (χ4n) is 3.57. The van der Waals surface area contributed by atoms with Crippen LogP contribution >= 0.6 is 0 Å². The number of hydrogen-bond donors (Lipinski definition) is 0. The van der Waals surface area contributed by atoms with Crippen LogP contribution < -0.4 is 19.1 Å². The molecule has 1 heterocycles. The van der Waals surface area contributed by atoms with Crippen LogP contribution in [0.4, 0.5) is 5.69 Å². The predicted molar refractivity (Wildman–Crippen MR) is 102 cm³/mol. The molecule has 0 spiro atoms. The van der Waals surface area contributed by atoms with Crippen molar-refractivity contribution in [1.29, 1.82) is 0 Å². The lowest BCUT2D eigenvalue weighted by Crippen LogP contribution is -2.37. The highest BCUT2D eigenvalue weighted by Gasteiger charge is 2.27. The smallest absolute Gasteiger partial charge is 0.231 e. The molecule has 5 nitrogen and oxygen atoms in total. The summed E-state index contributed by atoms with van der Waals surface area (Å²) in [6.07, 6.45) is 1.21. The average molecular weight is 355 g/mol. The molecule has 5 heteroatoms. The first-order valence-corrected chi connectivity index (χ1v) is 8.77. The lowest BCUT2D eigenvalue weighted by atomic mass is 9.91. The van der Waals surface area contributed by atoms with Gasteiger partial charge in [0.1, 0.15) is 0 Å². The topological polar surface area (TPSA) is 48.0 Å². The van der Waals surface area contributed by atoms with Gasteiger partial charge in [0.2, 0.25) is 11.7 Å². The van der Waals surface area contributed by atoms with Gasteiger partial charge in [-0.05, 0) is 30.0 Å². The lowest BCUT2D eigenvalue weighted by molar-refractivity contribution is -0.118. The molecule has 3 rings (SSSR count). The number of nitrogens with zero attached hydrogens (tertiary/aromatic N) is 1. The number of ether oxygens (including phenoxy) is 3. The molecule has 0 unspecified atom stereocenters. The van der Waals surface area contributed by atoms with Gasteiger partial charge in [0.05, 0.1) is 27.8 Å². The van der Waals surface area contributed by atoms with Gasteiger partial charge in [-0.15, -0.1) is 0 Å². The number of anilines is 1. The first-order valence-electron chi connectivity index (χ1n) is 8.77. The van der Waals surface area contributed by atoms with Crippen LogP contribution in [0.2, 0.25) is 0 Å². The van der Waals surface area contributed by atoms with Gasteiger partial charge in [-0.3, -0.25) is 4.79 Å². The average Bonchev–Trinajstić information content (AvgIpc) is 2.67. The fourth-order valence-corrected chi connectivity index (χ4v) is 3.57. The molecule has 1 aliphatic rings. The first-order chi connectivity index (χ1) is 12.6. The van der Waals surface area contributed by atoms with Crippen LogP contribution in [-0.2, 0) is 11.2 Å². The molecule has 0 saturated carbocycles. The summed E-state index contributed by atoms with van der Waals surface area (Å²) in [5.74, 6) is 2.14. The van der Waals surface area contributed by atoms with Gasteiger partial charge in [-0.25, -0.2) is 0 Å². The molecule has 2 aromatic rings. The maximum absolute atomic E-state index is 13.1. The minimum Gasteiger partial charge on any atom is -0.493 e. The van der Waals surface area contributed by atoms with Crippen molar-refractivity contribution in [3.63, 3.8) is 0 Å². The fraction of sp³-hybridized carbons (Fsp3) is 0.381. The molecule has 1 aliphatic heterocycles. The van der Waals surface area contributed by atoms with Crippen molar-refractivity contribution in [1.82, 2.24) is 0 Å². The largest absolute Gasteiger partial charge is 0.493 e. The zero-order valence-electron chi connectivity index (χ0n) is 15.7. The Morgan fingerprint density at radius 1 is 1.04 bits per heavy atom. The number of para-hydroxylation sites is 1. The van der Waals surface area contributed by atoms with Crippen molar-refractivity contribution in [2.24, 2.45) is 0 Å². The SMILES string of the molecule is COc1ccc(CC(=O)N2CC[C@@H](C)c3ccccc32)c(OC)c1OC. The molecular weight excluding hydrogens is 330 g/mol. The third-order valence-corrected chi connectivity index (χ3v) is 4.97. The van der Waals surface area contributed by atoms with E-state index in [1.54, 1.807) is 27.4 Å². The van der Waals surface area contributed by atoms with Crippen LogP contribution in [0.25, 0.3) is 0 Å². The van der Waals surface area contributed by atoms with Gasteiger partial charge >= 0.3 is 0 Å². The second-order valence-electron chi connectivity index (χ2n) is 6.46. The minimum atomic E-state index is 0.0508. The zero-order chi connectivity index (χ0) is 18.7. The standard InChI is InChI=1S/C21H25NO4/c1-14-11-12-22(17-8-6-5-7-16(14)17)19(23)13-15-9-10-18(24-2)21(26-4)20(15)25-3/h5-10,14H,11-13H2,1-4H3/t14-/m1/s1. The highest BCUT2D eigenvalue weighted by Crippen LogP contribution is 2.41. The molecule has 0 radical (unpaired) electrons. The monoisotopic (exact) mass is 355 g/mol. The van der Waals surface area contributed by atoms with E-state index in [1.165, 1.54) is 5.56 Å². The second-order valence-corrected chi connectivity index (χ2v) is 6.46. The van der Waals surface area contributed by atoms with E-state index >= 15 is 0 Å². The maximum Gasteiger partial charge on any atom is 0.231 e. The highest BCUT2D eigenvalue weighted by molar-refractivity contribution is 5.96. The number of carbonyl (C=O) groups is 1. The molecule has 1 atom stereocenters. The Morgan fingerprint density at radius 3 is 2.46 bits per heavy atom. The van der Waals surface area contributed by atoms with Crippen LogP contribution in [0.15, 0.2) is 36.4 Å². The number of hydrogen-bond acceptors (Lipinski definition) is 4. The Bertz CT molecular complexity index is 803. The zero-order valence-corrected chi connectivity index (χ0v) is 15.7. The third kappa shape index (κ3) is 3.21. The van der Waals surface area contributed by atoms with E-state index in [1.807, 2.05) is 29.2 Å². The molecule has 0 fully saturated rings. The van der Waals surface area contributed by atoms with Crippen molar-refractivity contribution in [2.45, 2.75) is 25.7 Å². The van der Waals surface area contributed by atoms with Crippen molar-refractivity contribution >= 4 is 11.6 Å². The summed E-state index contributed by atoms with van der Waals surface area (Å²) in [7, 11) is 4.71. The summed E-state index contributed by atoms with van der Waals surface area (Å²) < 4.78 is 16.2. The van der Waals surface area contributed by atoms with Gasteiger partial charge in [-0.2, -0.15) is 0 Å². The minimum absolute atomic E-state index is 0.0508.